The molecule has 0 aliphatic heterocycles. The van der Waals surface area contributed by atoms with Crippen LogP contribution in [0.15, 0.2) is 36.5 Å². The van der Waals surface area contributed by atoms with Gasteiger partial charge >= 0.3 is 0 Å². The number of nitrogens with zero attached hydrogens (tertiary/aromatic N) is 3. The highest BCUT2D eigenvalue weighted by Crippen LogP contribution is 2.18. The van der Waals surface area contributed by atoms with Gasteiger partial charge in [0, 0.05) is 5.56 Å². The van der Waals surface area contributed by atoms with Crippen LogP contribution in [0.25, 0.3) is 11.3 Å². The third kappa shape index (κ3) is 1.95. The topological polar surface area (TPSA) is 49.6 Å². The van der Waals surface area contributed by atoms with Crippen molar-refractivity contribution in [2.75, 3.05) is 0 Å². The lowest BCUT2D eigenvalue weighted by molar-refractivity contribution is 1.17. The number of rotatable bonds is 1. The number of hydrogen-bond donors (Lipinski definition) is 0. The average Bonchev–Trinajstić information content (AvgIpc) is 2.31. The summed E-state index contributed by atoms with van der Waals surface area (Å²) in [5, 5.41) is 8.89. The molecule has 2 aromatic rings. The van der Waals surface area contributed by atoms with E-state index in [4.69, 9.17) is 16.9 Å². The summed E-state index contributed by atoms with van der Waals surface area (Å²) in [6, 6.07) is 11.4. The van der Waals surface area contributed by atoms with Crippen molar-refractivity contribution in [3.05, 3.63) is 47.4 Å². The minimum absolute atomic E-state index is 0.136. The van der Waals surface area contributed by atoms with Crippen molar-refractivity contribution in [1.82, 2.24) is 9.97 Å². The maximum absolute atomic E-state index is 8.75. The van der Waals surface area contributed by atoms with E-state index in [1.165, 1.54) is 0 Å². The Bertz CT molecular complexity index is 517. The maximum atomic E-state index is 8.75. The molecular formula is C11H6ClN3. The van der Waals surface area contributed by atoms with Crippen LogP contribution < -0.4 is 0 Å². The molecule has 72 valence electrons. The van der Waals surface area contributed by atoms with E-state index in [-0.39, 0.29) is 10.8 Å². The second kappa shape index (κ2) is 4.07. The first-order chi connectivity index (χ1) is 7.31. The van der Waals surface area contributed by atoms with Gasteiger partial charge in [-0.1, -0.05) is 41.9 Å². The normalized spacial score (nSPS) is 9.60. The fourth-order valence-corrected chi connectivity index (χ4v) is 1.33. The van der Waals surface area contributed by atoms with E-state index < -0.39 is 0 Å². The van der Waals surface area contributed by atoms with E-state index in [9.17, 15) is 0 Å². The fourth-order valence-electron chi connectivity index (χ4n) is 1.19. The second-order valence-electron chi connectivity index (χ2n) is 2.87. The lowest BCUT2D eigenvalue weighted by Gasteiger charge is -2.00. The summed E-state index contributed by atoms with van der Waals surface area (Å²) in [5.41, 5.74) is 1.72. The summed E-state index contributed by atoms with van der Waals surface area (Å²) in [4.78, 5) is 8.01. The van der Waals surface area contributed by atoms with Gasteiger partial charge in [-0.05, 0) is 0 Å². The van der Waals surface area contributed by atoms with Crippen molar-refractivity contribution in [2.24, 2.45) is 0 Å². The van der Waals surface area contributed by atoms with Gasteiger partial charge < -0.3 is 0 Å². The number of nitriles is 1. The third-order valence-electron chi connectivity index (χ3n) is 1.90. The van der Waals surface area contributed by atoms with Crippen LogP contribution in [0.2, 0.25) is 5.15 Å². The van der Waals surface area contributed by atoms with Gasteiger partial charge in [-0.2, -0.15) is 5.26 Å². The monoisotopic (exact) mass is 215 g/mol. The summed E-state index contributed by atoms with van der Waals surface area (Å²) >= 11 is 5.69. The highest BCUT2D eigenvalue weighted by atomic mass is 35.5. The predicted molar refractivity (Wildman–Crippen MR) is 57.2 cm³/mol. The molecule has 0 N–H and O–H groups in total. The maximum Gasteiger partial charge on any atom is 0.178 e. The van der Waals surface area contributed by atoms with Crippen LogP contribution in [-0.4, -0.2) is 9.97 Å². The van der Waals surface area contributed by atoms with Gasteiger partial charge in [-0.25, -0.2) is 9.97 Å². The van der Waals surface area contributed by atoms with Crippen LogP contribution in [0.1, 0.15) is 5.69 Å². The SMILES string of the molecule is N#Cc1nc(-c2ccccc2)cnc1Cl. The molecule has 4 heteroatoms. The van der Waals surface area contributed by atoms with E-state index in [1.807, 2.05) is 36.4 Å². The van der Waals surface area contributed by atoms with Gasteiger partial charge in [0.1, 0.15) is 6.07 Å². The van der Waals surface area contributed by atoms with Gasteiger partial charge in [0.15, 0.2) is 10.8 Å². The Morgan fingerprint density at radius 3 is 2.60 bits per heavy atom. The molecule has 0 aliphatic carbocycles. The van der Waals surface area contributed by atoms with Crippen LogP contribution in [0.3, 0.4) is 0 Å². The van der Waals surface area contributed by atoms with E-state index in [0.717, 1.165) is 5.56 Å². The first-order valence-electron chi connectivity index (χ1n) is 4.29. The van der Waals surface area contributed by atoms with Crippen molar-refractivity contribution in [2.45, 2.75) is 0 Å². The molecule has 0 bridgehead atoms. The Morgan fingerprint density at radius 1 is 1.20 bits per heavy atom. The molecule has 1 aromatic carbocycles. The highest BCUT2D eigenvalue weighted by molar-refractivity contribution is 6.30. The van der Waals surface area contributed by atoms with Crippen molar-refractivity contribution in [1.29, 1.82) is 5.26 Å². The lowest BCUT2D eigenvalue weighted by atomic mass is 10.2. The van der Waals surface area contributed by atoms with E-state index >= 15 is 0 Å². The van der Waals surface area contributed by atoms with Crippen LogP contribution in [0, 0.1) is 11.3 Å². The van der Waals surface area contributed by atoms with Crippen molar-refractivity contribution >= 4 is 11.6 Å². The number of halogens is 1. The van der Waals surface area contributed by atoms with Crippen molar-refractivity contribution in [3.63, 3.8) is 0 Å². The molecule has 0 unspecified atom stereocenters. The van der Waals surface area contributed by atoms with Gasteiger partial charge in [0.05, 0.1) is 11.9 Å². The molecule has 0 amide bonds. The Morgan fingerprint density at radius 2 is 1.93 bits per heavy atom. The average molecular weight is 216 g/mol. The minimum atomic E-state index is 0.136. The summed E-state index contributed by atoms with van der Waals surface area (Å²) in [6.07, 6.45) is 1.55. The standard InChI is InChI=1S/C11H6ClN3/c12-11-9(6-13)15-10(7-14-11)8-4-2-1-3-5-8/h1-5,7H. The molecule has 0 aliphatic rings. The van der Waals surface area contributed by atoms with E-state index in [0.29, 0.717) is 5.69 Å². The van der Waals surface area contributed by atoms with Gasteiger partial charge in [-0.3, -0.25) is 0 Å². The lowest BCUT2D eigenvalue weighted by Crippen LogP contribution is -1.91. The quantitative estimate of drug-likeness (QED) is 0.735. The molecule has 15 heavy (non-hydrogen) atoms. The van der Waals surface area contributed by atoms with Crippen LogP contribution >= 0.6 is 11.6 Å². The second-order valence-corrected chi connectivity index (χ2v) is 3.23. The smallest absolute Gasteiger partial charge is 0.178 e. The summed E-state index contributed by atoms with van der Waals surface area (Å²) in [7, 11) is 0. The third-order valence-corrected chi connectivity index (χ3v) is 2.18. The van der Waals surface area contributed by atoms with Gasteiger partial charge in [0.2, 0.25) is 0 Å². The molecule has 0 saturated heterocycles. The summed E-state index contributed by atoms with van der Waals surface area (Å²) in [5.74, 6) is 0. The molecule has 1 aromatic heterocycles. The zero-order valence-electron chi connectivity index (χ0n) is 7.68. The molecule has 0 fully saturated rings. The molecule has 2 rings (SSSR count). The minimum Gasteiger partial charge on any atom is -0.239 e. The molecular weight excluding hydrogens is 210 g/mol. The van der Waals surface area contributed by atoms with Crippen molar-refractivity contribution in [3.8, 4) is 17.3 Å². The Kier molecular flexibility index (Phi) is 2.61. The molecule has 0 radical (unpaired) electrons. The zero-order chi connectivity index (χ0) is 10.7. The first-order valence-corrected chi connectivity index (χ1v) is 4.67. The van der Waals surface area contributed by atoms with Gasteiger partial charge in [0.25, 0.3) is 0 Å². The number of aromatic nitrogens is 2. The Hall–Kier alpha value is -1.92. The number of hydrogen-bond acceptors (Lipinski definition) is 3. The molecule has 0 saturated carbocycles. The molecule has 0 atom stereocenters. The molecule has 3 nitrogen and oxygen atoms in total. The highest BCUT2D eigenvalue weighted by Gasteiger charge is 2.05. The van der Waals surface area contributed by atoms with Crippen LogP contribution in [-0.2, 0) is 0 Å². The first kappa shape index (κ1) is 9.63. The zero-order valence-corrected chi connectivity index (χ0v) is 8.44. The Labute approximate surface area is 92.0 Å². The Balaban J connectivity index is 2.52. The van der Waals surface area contributed by atoms with E-state index in [1.54, 1.807) is 6.20 Å². The van der Waals surface area contributed by atoms with Crippen LogP contribution in [0.4, 0.5) is 0 Å². The largest absolute Gasteiger partial charge is 0.239 e. The summed E-state index contributed by atoms with van der Waals surface area (Å²) in [6.45, 7) is 0. The van der Waals surface area contributed by atoms with E-state index in [2.05, 4.69) is 9.97 Å². The molecule has 1 heterocycles. The fraction of sp³-hybridized carbons (Fsp3) is 0. The number of benzene rings is 1. The predicted octanol–water partition coefficient (Wildman–Crippen LogP) is 2.67. The summed E-state index contributed by atoms with van der Waals surface area (Å²) < 4.78 is 0. The van der Waals surface area contributed by atoms with Crippen molar-refractivity contribution < 1.29 is 0 Å². The van der Waals surface area contributed by atoms with Gasteiger partial charge in [-0.15, -0.1) is 0 Å². The van der Waals surface area contributed by atoms with Crippen LogP contribution in [0.5, 0.6) is 0 Å². The molecule has 0 spiro atoms.